The van der Waals surface area contributed by atoms with Crippen LogP contribution in [0.2, 0.25) is 0 Å². The van der Waals surface area contributed by atoms with Crippen molar-refractivity contribution in [1.29, 1.82) is 0 Å². The van der Waals surface area contributed by atoms with Gasteiger partial charge in [0.1, 0.15) is 24.4 Å². The van der Waals surface area contributed by atoms with Gasteiger partial charge >= 0.3 is 18.0 Å². The number of nitrogens with zero attached hydrogens (tertiary/aromatic N) is 1. The van der Waals surface area contributed by atoms with E-state index < -0.39 is 48.1 Å². The number of esters is 2. The van der Waals surface area contributed by atoms with Crippen LogP contribution in [0.25, 0.3) is 10.1 Å². The van der Waals surface area contributed by atoms with Crippen molar-refractivity contribution in [1.82, 2.24) is 4.90 Å². The van der Waals surface area contributed by atoms with Crippen LogP contribution in [0.4, 0.5) is 10.5 Å². The van der Waals surface area contributed by atoms with Crippen LogP contribution in [-0.2, 0) is 28.5 Å². The Morgan fingerprint density at radius 2 is 1.92 bits per heavy atom. The van der Waals surface area contributed by atoms with Crippen LogP contribution < -0.4 is 5.32 Å². The fourth-order valence-electron chi connectivity index (χ4n) is 6.46. The fourth-order valence-corrected chi connectivity index (χ4v) is 7.36. The monoisotopic (exact) mass is 514 g/mol. The number of carbonyl (C=O) groups is 3. The average Bonchev–Trinajstić information content (AvgIpc) is 3.06. The normalized spacial score (nSPS) is 39.2. The van der Waals surface area contributed by atoms with Crippen molar-refractivity contribution in [2.24, 2.45) is 17.8 Å². The van der Waals surface area contributed by atoms with Crippen LogP contribution in [-0.4, -0.2) is 73.1 Å². The highest BCUT2D eigenvalue weighted by atomic mass is 32.1. The zero-order valence-corrected chi connectivity index (χ0v) is 21.4. The van der Waals surface area contributed by atoms with E-state index in [2.05, 4.69) is 5.32 Å². The molecule has 4 aliphatic rings. The summed E-state index contributed by atoms with van der Waals surface area (Å²) in [6.45, 7) is 3.78. The Labute approximate surface area is 213 Å². The number of fused-ring (bicyclic) bond motifs is 6. The summed E-state index contributed by atoms with van der Waals surface area (Å²) in [5, 5.41) is 5.70. The molecule has 6 rings (SSSR count). The molecule has 1 aromatic heterocycles. The standard InChI is InChI=1S/C26H30N2O7S/c1-12-19-16-9-14(24(30)32-16)20(28(3)4)21(22-26(2,35-22)10-17(19)33-23(12)29)34-25(31)27-15-11-36-18-8-6-5-7-13(15)18/h5-8,11-12,14,16-17,19-22H,9-10H2,1-4H3,(H,27,31). The number of benzene rings is 1. The fraction of sp³-hybridized carbons (Fsp3) is 0.577. The van der Waals surface area contributed by atoms with Gasteiger partial charge in [-0.05, 0) is 33.5 Å². The molecule has 0 radical (unpaired) electrons. The first-order chi connectivity index (χ1) is 17.2. The van der Waals surface area contributed by atoms with Crippen LogP contribution in [0.1, 0.15) is 26.7 Å². The predicted molar refractivity (Wildman–Crippen MR) is 132 cm³/mol. The van der Waals surface area contributed by atoms with E-state index in [1.807, 2.05) is 62.5 Å². The Bertz CT molecular complexity index is 1230. The second-order valence-corrected chi connectivity index (χ2v) is 11.7. The molecule has 4 fully saturated rings. The first-order valence-electron chi connectivity index (χ1n) is 12.4. The molecule has 192 valence electrons. The SMILES string of the molecule is CC1C(=O)OC2CC3(C)OC3C(OC(=O)Nc3csc4ccccc34)C(N(C)C)C3CC(OC3=O)C21. The lowest BCUT2D eigenvalue weighted by molar-refractivity contribution is -0.149. The molecule has 2 bridgehead atoms. The molecular formula is C26H30N2O7S. The van der Waals surface area contributed by atoms with E-state index in [1.165, 1.54) is 11.3 Å². The zero-order valence-electron chi connectivity index (χ0n) is 20.6. The molecule has 2 aromatic rings. The average molecular weight is 515 g/mol. The number of rotatable bonds is 3. The van der Waals surface area contributed by atoms with Crippen molar-refractivity contribution >= 4 is 45.1 Å². The van der Waals surface area contributed by atoms with Gasteiger partial charge in [-0.3, -0.25) is 14.9 Å². The Morgan fingerprint density at radius 3 is 2.69 bits per heavy atom. The summed E-state index contributed by atoms with van der Waals surface area (Å²) in [6.07, 6.45) is -1.74. The van der Waals surface area contributed by atoms with Gasteiger partial charge in [-0.1, -0.05) is 25.1 Å². The molecule has 0 spiro atoms. The summed E-state index contributed by atoms with van der Waals surface area (Å²) in [5.74, 6) is -1.72. The number of amides is 1. The van der Waals surface area contributed by atoms with Gasteiger partial charge in [0.15, 0.2) is 0 Å². The number of hydrogen-bond acceptors (Lipinski definition) is 9. The highest BCUT2D eigenvalue weighted by Crippen LogP contribution is 2.52. The van der Waals surface area contributed by atoms with Crippen molar-refractivity contribution in [2.75, 3.05) is 19.4 Å². The molecule has 3 saturated heterocycles. The number of hydrogen-bond donors (Lipinski definition) is 1. The van der Waals surface area contributed by atoms with Crippen LogP contribution in [0.5, 0.6) is 0 Å². The minimum absolute atomic E-state index is 0.219. The molecule has 1 saturated carbocycles. The summed E-state index contributed by atoms with van der Waals surface area (Å²) >= 11 is 1.54. The molecule has 3 aliphatic heterocycles. The van der Waals surface area contributed by atoms with Crippen molar-refractivity contribution < 1.29 is 33.3 Å². The summed E-state index contributed by atoms with van der Waals surface area (Å²) in [7, 11) is 3.73. The molecule has 10 heteroatoms. The molecular weight excluding hydrogens is 484 g/mol. The van der Waals surface area contributed by atoms with Gasteiger partial charge in [-0.25, -0.2) is 4.79 Å². The van der Waals surface area contributed by atoms with Crippen LogP contribution in [0, 0.1) is 17.8 Å². The topological polar surface area (TPSA) is 107 Å². The third-order valence-electron chi connectivity index (χ3n) is 8.28. The number of likely N-dealkylation sites (N-methyl/N-ethyl adjacent to an activating group) is 1. The first-order valence-corrected chi connectivity index (χ1v) is 13.2. The molecule has 9 atom stereocenters. The number of anilines is 1. The molecule has 1 N–H and O–H groups in total. The van der Waals surface area contributed by atoms with E-state index in [-0.39, 0.29) is 23.8 Å². The second-order valence-electron chi connectivity index (χ2n) is 10.8. The van der Waals surface area contributed by atoms with Crippen molar-refractivity contribution in [3.05, 3.63) is 29.6 Å². The third kappa shape index (κ3) is 3.77. The van der Waals surface area contributed by atoms with E-state index in [0.717, 1.165) is 10.1 Å². The van der Waals surface area contributed by atoms with E-state index >= 15 is 0 Å². The summed E-state index contributed by atoms with van der Waals surface area (Å²) < 4.78 is 24.9. The lowest BCUT2D eigenvalue weighted by Gasteiger charge is -2.35. The minimum atomic E-state index is -0.725. The minimum Gasteiger partial charge on any atom is -0.462 e. The van der Waals surface area contributed by atoms with Crippen LogP contribution in [0.15, 0.2) is 29.6 Å². The zero-order chi connectivity index (χ0) is 25.4. The Hall–Kier alpha value is -2.69. The molecule has 1 aromatic carbocycles. The number of epoxide rings is 1. The van der Waals surface area contributed by atoms with Crippen molar-refractivity contribution in [3.8, 4) is 0 Å². The molecule has 1 aliphatic carbocycles. The lowest BCUT2D eigenvalue weighted by atomic mass is 9.76. The van der Waals surface area contributed by atoms with Gasteiger partial charge in [-0.2, -0.15) is 0 Å². The van der Waals surface area contributed by atoms with Crippen molar-refractivity contribution in [3.63, 3.8) is 0 Å². The summed E-state index contributed by atoms with van der Waals surface area (Å²) in [5.41, 5.74) is 0.0258. The van der Waals surface area contributed by atoms with E-state index in [1.54, 1.807) is 0 Å². The maximum absolute atomic E-state index is 13.2. The largest absolute Gasteiger partial charge is 0.462 e. The molecule has 1 amide bonds. The Balaban J connectivity index is 1.31. The molecule has 9 nitrogen and oxygen atoms in total. The van der Waals surface area contributed by atoms with Crippen LogP contribution >= 0.6 is 11.3 Å². The van der Waals surface area contributed by atoms with Gasteiger partial charge in [0, 0.05) is 27.8 Å². The van der Waals surface area contributed by atoms with Gasteiger partial charge in [-0.15, -0.1) is 11.3 Å². The Morgan fingerprint density at radius 1 is 1.17 bits per heavy atom. The quantitative estimate of drug-likeness (QED) is 0.377. The number of thiophene rings is 1. The summed E-state index contributed by atoms with van der Waals surface area (Å²) in [4.78, 5) is 40.7. The van der Waals surface area contributed by atoms with Gasteiger partial charge < -0.3 is 23.8 Å². The third-order valence-corrected chi connectivity index (χ3v) is 9.25. The van der Waals surface area contributed by atoms with E-state index in [4.69, 9.17) is 18.9 Å². The maximum atomic E-state index is 13.2. The van der Waals surface area contributed by atoms with Gasteiger partial charge in [0.05, 0.1) is 29.2 Å². The molecule has 9 unspecified atom stereocenters. The van der Waals surface area contributed by atoms with E-state index in [9.17, 15) is 14.4 Å². The van der Waals surface area contributed by atoms with Crippen molar-refractivity contribution in [2.45, 2.75) is 62.7 Å². The lowest BCUT2D eigenvalue weighted by Crippen LogP contribution is -2.52. The van der Waals surface area contributed by atoms with Crippen LogP contribution in [0.3, 0.4) is 0 Å². The smallest absolute Gasteiger partial charge is 0.412 e. The Kier molecular flexibility index (Phi) is 5.55. The van der Waals surface area contributed by atoms with Gasteiger partial charge in [0.2, 0.25) is 0 Å². The summed E-state index contributed by atoms with van der Waals surface area (Å²) in [6, 6.07) is 7.36. The number of nitrogens with one attached hydrogen (secondary N) is 1. The number of carbonyl (C=O) groups excluding carboxylic acids is 3. The molecule has 36 heavy (non-hydrogen) atoms. The van der Waals surface area contributed by atoms with E-state index in [0.29, 0.717) is 18.5 Å². The first kappa shape index (κ1) is 23.7. The second kappa shape index (κ2) is 8.43. The van der Waals surface area contributed by atoms with Gasteiger partial charge in [0.25, 0.3) is 0 Å². The highest BCUT2D eigenvalue weighted by molar-refractivity contribution is 7.17. The number of ether oxygens (including phenoxy) is 4. The maximum Gasteiger partial charge on any atom is 0.412 e. The highest BCUT2D eigenvalue weighted by Gasteiger charge is 2.66. The molecule has 4 heterocycles. The predicted octanol–water partition coefficient (Wildman–Crippen LogP) is 3.42.